The van der Waals surface area contributed by atoms with Crippen LogP contribution in [0, 0.1) is 5.82 Å². The van der Waals surface area contributed by atoms with Gasteiger partial charge in [0, 0.05) is 24.7 Å². The van der Waals surface area contributed by atoms with Crippen molar-refractivity contribution in [1.29, 1.82) is 0 Å². The minimum absolute atomic E-state index is 0. The maximum absolute atomic E-state index is 14.9. The van der Waals surface area contributed by atoms with Gasteiger partial charge in [0.05, 0.1) is 23.8 Å². The van der Waals surface area contributed by atoms with Crippen molar-refractivity contribution in [1.82, 2.24) is 14.3 Å². The number of sulfonamides is 1. The van der Waals surface area contributed by atoms with Crippen LogP contribution in [-0.2, 0) is 15.8 Å². The zero-order chi connectivity index (χ0) is 22.0. The van der Waals surface area contributed by atoms with Crippen molar-refractivity contribution in [3.63, 3.8) is 0 Å². The molecule has 1 aliphatic rings. The number of halogens is 2. The number of benzene rings is 2. The summed E-state index contributed by atoms with van der Waals surface area (Å²) < 4.78 is 42.3. The van der Waals surface area contributed by atoms with Crippen molar-refractivity contribution >= 4 is 28.2 Å². The van der Waals surface area contributed by atoms with Crippen LogP contribution < -0.4 is 11.5 Å². The summed E-state index contributed by atoms with van der Waals surface area (Å²) in [5.41, 5.74) is 14.0. The highest BCUT2D eigenvalue weighted by atomic mass is 35.5. The molecule has 1 fully saturated rings. The van der Waals surface area contributed by atoms with Crippen molar-refractivity contribution in [3.05, 3.63) is 66.2 Å². The summed E-state index contributed by atoms with van der Waals surface area (Å²) in [5.74, 6) is -0.364. The highest BCUT2D eigenvalue weighted by Gasteiger charge is 2.27. The van der Waals surface area contributed by atoms with Crippen molar-refractivity contribution in [3.8, 4) is 22.4 Å². The molecule has 2 heterocycles. The molecule has 4 rings (SSSR count). The van der Waals surface area contributed by atoms with Crippen LogP contribution in [0.25, 0.3) is 22.4 Å². The molecule has 3 aromatic rings. The van der Waals surface area contributed by atoms with E-state index < -0.39 is 15.8 Å². The van der Waals surface area contributed by atoms with Crippen LogP contribution >= 0.6 is 12.4 Å². The minimum Gasteiger partial charge on any atom is -0.382 e. The van der Waals surface area contributed by atoms with E-state index in [9.17, 15) is 12.8 Å². The van der Waals surface area contributed by atoms with E-state index in [0.717, 1.165) is 0 Å². The second kappa shape index (κ2) is 9.91. The van der Waals surface area contributed by atoms with Gasteiger partial charge in [0.1, 0.15) is 11.6 Å². The zero-order valence-corrected chi connectivity index (χ0v) is 18.9. The largest absolute Gasteiger partial charge is 0.382 e. The molecule has 10 heteroatoms. The van der Waals surface area contributed by atoms with Crippen LogP contribution in [0.5, 0.6) is 0 Å². The molecule has 0 amide bonds. The van der Waals surface area contributed by atoms with Gasteiger partial charge in [-0.2, -0.15) is 0 Å². The maximum atomic E-state index is 14.9. The van der Waals surface area contributed by atoms with Gasteiger partial charge < -0.3 is 11.5 Å². The van der Waals surface area contributed by atoms with Crippen LogP contribution in [0.15, 0.2) is 54.9 Å². The lowest BCUT2D eigenvalue weighted by Gasteiger charge is -2.29. The summed E-state index contributed by atoms with van der Waals surface area (Å²) in [7, 11) is -3.50. The molecule has 32 heavy (non-hydrogen) atoms. The third-order valence-electron chi connectivity index (χ3n) is 5.48. The smallest absolute Gasteiger partial charge is 0.218 e. The molecule has 0 spiro atoms. The quantitative estimate of drug-likeness (QED) is 0.583. The standard InChI is InChI=1S/C22H24FN5O2S.ClH/c23-20-11-15(5-6-19(20)21-12-27-22(25)13-26-21)18-4-2-1-3-16(18)14-31(29,30)28-9-7-17(24)8-10-28;/h1-6,11-13,17H,7-10,14,24H2,(H2,25,27);1H. The van der Waals surface area contributed by atoms with E-state index in [1.165, 1.54) is 22.8 Å². The molecule has 2 aromatic carbocycles. The van der Waals surface area contributed by atoms with Gasteiger partial charge >= 0.3 is 0 Å². The molecule has 170 valence electrons. The van der Waals surface area contributed by atoms with Crippen molar-refractivity contribution in [2.45, 2.75) is 24.6 Å². The van der Waals surface area contributed by atoms with Crippen LogP contribution in [0.1, 0.15) is 18.4 Å². The van der Waals surface area contributed by atoms with Gasteiger partial charge in [-0.3, -0.25) is 4.98 Å². The van der Waals surface area contributed by atoms with E-state index in [1.54, 1.807) is 30.3 Å². The Labute approximate surface area is 193 Å². The zero-order valence-electron chi connectivity index (χ0n) is 17.3. The molecule has 0 bridgehead atoms. The summed E-state index contributed by atoms with van der Waals surface area (Å²) in [5, 5.41) is 0. The lowest BCUT2D eigenvalue weighted by atomic mass is 9.98. The first-order valence-corrected chi connectivity index (χ1v) is 11.6. The van der Waals surface area contributed by atoms with Crippen LogP contribution in [0.4, 0.5) is 10.2 Å². The van der Waals surface area contributed by atoms with Gasteiger partial charge in [-0.05, 0) is 41.7 Å². The second-order valence-electron chi connectivity index (χ2n) is 7.67. The number of piperidine rings is 1. The van der Waals surface area contributed by atoms with Gasteiger partial charge in [0.15, 0.2) is 0 Å². The third-order valence-corrected chi connectivity index (χ3v) is 7.30. The summed E-state index contributed by atoms with van der Waals surface area (Å²) in [6.45, 7) is 0.856. The molecule has 0 saturated carbocycles. The SMILES string of the molecule is Cl.Nc1cnc(-c2ccc(-c3ccccc3CS(=O)(=O)N3CCC(N)CC3)cc2F)cn1. The highest BCUT2D eigenvalue weighted by Crippen LogP contribution is 2.30. The summed E-state index contributed by atoms with van der Waals surface area (Å²) in [4.78, 5) is 8.06. The fourth-order valence-corrected chi connectivity index (χ4v) is 5.33. The fraction of sp³-hybridized carbons (Fsp3) is 0.273. The highest BCUT2D eigenvalue weighted by molar-refractivity contribution is 7.88. The molecule has 1 aromatic heterocycles. The summed E-state index contributed by atoms with van der Waals surface area (Å²) in [6.07, 6.45) is 4.10. The molecule has 0 atom stereocenters. The van der Waals surface area contributed by atoms with E-state index in [0.29, 0.717) is 53.9 Å². The number of nitrogens with two attached hydrogens (primary N) is 2. The molecular formula is C22H25ClFN5O2S. The second-order valence-corrected chi connectivity index (χ2v) is 9.64. The van der Waals surface area contributed by atoms with Crippen LogP contribution in [-0.4, -0.2) is 41.8 Å². The maximum Gasteiger partial charge on any atom is 0.218 e. The number of rotatable bonds is 5. The number of aromatic nitrogens is 2. The van der Waals surface area contributed by atoms with Gasteiger partial charge in [0.25, 0.3) is 0 Å². The number of nitrogen functional groups attached to an aromatic ring is 1. The van der Waals surface area contributed by atoms with Crippen LogP contribution in [0.2, 0.25) is 0 Å². The fourth-order valence-electron chi connectivity index (χ4n) is 3.74. The topological polar surface area (TPSA) is 115 Å². The minimum atomic E-state index is -3.50. The average molecular weight is 478 g/mol. The van der Waals surface area contributed by atoms with E-state index in [4.69, 9.17) is 11.5 Å². The lowest BCUT2D eigenvalue weighted by Crippen LogP contribution is -2.43. The van der Waals surface area contributed by atoms with Crippen molar-refractivity contribution < 1.29 is 12.8 Å². The molecule has 7 nitrogen and oxygen atoms in total. The molecule has 1 saturated heterocycles. The Kier molecular flexibility index (Phi) is 7.45. The number of hydrogen-bond donors (Lipinski definition) is 2. The normalized spacial score (nSPS) is 15.3. The predicted molar refractivity (Wildman–Crippen MR) is 126 cm³/mol. The number of nitrogens with zero attached hydrogens (tertiary/aromatic N) is 3. The first-order chi connectivity index (χ1) is 14.8. The van der Waals surface area contributed by atoms with Gasteiger partial charge in [-0.25, -0.2) is 22.1 Å². The first-order valence-electron chi connectivity index (χ1n) is 10.0. The molecular weight excluding hydrogens is 453 g/mol. The summed E-state index contributed by atoms with van der Waals surface area (Å²) in [6, 6.07) is 12.0. The Morgan fingerprint density at radius 3 is 2.41 bits per heavy atom. The van der Waals surface area contributed by atoms with Gasteiger partial charge in [0.2, 0.25) is 10.0 Å². The lowest BCUT2D eigenvalue weighted by molar-refractivity contribution is 0.319. The molecule has 1 aliphatic heterocycles. The summed E-state index contributed by atoms with van der Waals surface area (Å²) >= 11 is 0. The van der Waals surface area contributed by atoms with E-state index in [1.807, 2.05) is 6.07 Å². The van der Waals surface area contributed by atoms with Crippen molar-refractivity contribution in [2.24, 2.45) is 5.73 Å². The monoisotopic (exact) mass is 477 g/mol. The molecule has 4 N–H and O–H groups in total. The Morgan fingerprint density at radius 2 is 1.75 bits per heavy atom. The molecule has 0 aliphatic carbocycles. The first kappa shape index (κ1) is 24.1. The third kappa shape index (κ3) is 5.24. The molecule has 0 radical (unpaired) electrons. The predicted octanol–water partition coefficient (Wildman–Crippen LogP) is 3.21. The Morgan fingerprint density at radius 1 is 1.03 bits per heavy atom. The van der Waals surface area contributed by atoms with Crippen molar-refractivity contribution in [2.75, 3.05) is 18.8 Å². The van der Waals surface area contributed by atoms with E-state index in [2.05, 4.69) is 9.97 Å². The average Bonchev–Trinajstić information content (AvgIpc) is 2.75. The molecule has 0 unspecified atom stereocenters. The van der Waals surface area contributed by atoms with E-state index in [-0.39, 0.29) is 30.0 Å². The van der Waals surface area contributed by atoms with Gasteiger partial charge in [-0.15, -0.1) is 12.4 Å². The number of hydrogen-bond acceptors (Lipinski definition) is 6. The van der Waals surface area contributed by atoms with E-state index >= 15 is 0 Å². The van der Waals surface area contributed by atoms with Crippen LogP contribution in [0.3, 0.4) is 0 Å². The number of anilines is 1. The van der Waals surface area contributed by atoms with Gasteiger partial charge in [-0.1, -0.05) is 30.3 Å². The Bertz CT molecular complexity index is 1180. The Balaban J connectivity index is 0.00000289. The Hall–Kier alpha value is -2.59.